The summed E-state index contributed by atoms with van der Waals surface area (Å²) in [6.07, 6.45) is -5.48. The number of hydrogen-bond acceptors (Lipinski definition) is 16. The molecule has 0 unspecified atom stereocenters. The molecule has 4 heterocycles. The van der Waals surface area contributed by atoms with Crippen LogP contribution in [0.4, 0.5) is 10.5 Å². The number of ether oxygens (including phenoxy) is 6. The Morgan fingerprint density at radius 3 is 2.27 bits per heavy atom. The number of methoxy groups -OCH3 is 1. The molecular weight excluding hydrogens is 915 g/mol. The van der Waals surface area contributed by atoms with Gasteiger partial charge in [-0.25, -0.2) is 4.79 Å². The van der Waals surface area contributed by atoms with Gasteiger partial charge in [-0.05, 0) is 117 Å². The second kappa shape index (κ2) is 24.8. The van der Waals surface area contributed by atoms with Crippen LogP contribution in [0.1, 0.15) is 114 Å². The normalized spacial score (nSPS) is 39.9. The maximum atomic E-state index is 14.7. The zero-order chi connectivity index (χ0) is 52.6. The van der Waals surface area contributed by atoms with Gasteiger partial charge < -0.3 is 69.5 Å². The van der Waals surface area contributed by atoms with Crippen LogP contribution in [-0.2, 0) is 39.8 Å². The van der Waals surface area contributed by atoms with Gasteiger partial charge in [-0.1, -0.05) is 52.0 Å². The van der Waals surface area contributed by atoms with E-state index in [1.807, 2.05) is 57.2 Å². The number of aliphatic hydroxyl groups excluding tert-OH is 2. The summed E-state index contributed by atoms with van der Waals surface area (Å²) in [6, 6.07) is 11.0. The largest absolute Gasteiger partial charge is 0.459 e. The van der Waals surface area contributed by atoms with Crippen LogP contribution in [0.25, 0.3) is 0 Å². The minimum Gasteiger partial charge on any atom is -0.459 e. The number of anilines is 1. The van der Waals surface area contributed by atoms with Gasteiger partial charge in [0.05, 0.1) is 42.0 Å². The van der Waals surface area contributed by atoms with Crippen LogP contribution < -0.4 is 15.5 Å². The molecule has 3 fully saturated rings. The summed E-state index contributed by atoms with van der Waals surface area (Å²) in [5, 5.41) is 67.8. The second-order valence-electron chi connectivity index (χ2n) is 21.4. The van der Waals surface area contributed by atoms with Crippen molar-refractivity contribution in [2.24, 2.45) is 17.8 Å². The molecule has 3 aliphatic heterocycles. The van der Waals surface area contributed by atoms with Crippen LogP contribution >= 0.6 is 0 Å². The van der Waals surface area contributed by atoms with Gasteiger partial charge in [0, 0.05) is 63.7 Å². The Bertz CT molecular complexity index is 1970. The summed E-state index contributed by atoms with van der Waals surface area (Å²) >= 11 is 0. The smallest absolute Gasteiger partial charge is 0.324 e. The third kappa shape index (κ3) is 13.5. The number of aromatic nitrogens is 1. The highest BCUT2D eigenvalue weighted by Gasteiger charge is 2.58. The van der Waals surface area contributed by atoms with E-state index in [4.69, 9.17) is 28.4 Å². The van der Waals surface area contributed by atoms with Crippen molar-refractivity contribution < 1.29 is 63.5 Å². The van der Waals surface area contributed by atoms with Gasteiger partial charge >= 0.3 is 12.0 Å². The highest BCUT2D eigenvalue weighted by molar-refractivity contribution is 5.91. The molecule has 0 bridgehead atoms. The van der Waals surface area contributed by atoms with Crippen LogP contribution in [-0.4, -0.2) is 171 Å². The number of nitrogens with zero attached hydrogens (tertiary/aromatic N) is 3. The number of aliphatic hydroxyl groups is 5. The maximum Gasteiger partial charge on any atom is 0.324 e. The number of amides is 2. The first-order valence-corrected chi connectivity index (χ1v) is 25.7. The Morgan fingerprint density at radius 1 is 0.958 bits per heavy atom. The standard InChI is InChI=1S/C53H87N5O13/c1-14-23-55-31-53(65)37(8)68-42(27-51(53,10)66-13)70-44-34(5)46(50(9,63)26-32(3)28-56-36(7)45(60)52(11,64)41(15-2)69-47(61)35(44)6)71-48-43(59)40(25-33(4)67-48)58(30-38-20-19-24-54-29-38)49(62)57(12)39-21-17-16-18-22-39/h16-22,24,29,32-37,40-46,48,55-56,59-60,63-65H,14-15,23,25-28,30-31H2,1-13H3/t32-,33-,34+,35-,36-,37+,40+,41-,42+,43-,44+,45-,46-,48+,50-,51-,52-,53+/m1/s1. The molecule has 3 aliphatic rings. The number of cyclic esters (lactones) is 1. The predicted molar refractivity (Wildman–Crippen MR) is 268 cm³/mol. The summed E-state index contributed by atoms with van der Waals surface area (Å²) in [7, 11) is 3.20. The summed E-state index contributed by atoms with van der Waals surface area (Å²) in [5.41, 5.74) is -4.91. The molecule has 7 N–H and O–H groups in total. The SMILES string of the molecule is CCCNC[C@]1(O)[C@H](C)O[C@@H](O[C@H]2[C@H](C)[C@@H](O[C@@H]3O[C@H](C)C[C@H](N(Cc4cccnc4)C(=O)N(C)c4ccccc4)[C@H]3O)[C@](C)(O)C[C@@H](C)CN[C@H](C)[C@@H](O)[C@](C)(O)[C@@H](CC)OC(=O)[C@@H]2C)C[C@@]1(C)OC. The molecule has 71 heavy (non-hydrogen) atoms. The Morgan fingerprint density at radius 2 is 1.65 bits per heavy atom. The number of pyridine rings is 1. The first-order valence-electron chi connectivity index (χ1n) is 25.7. The van der Waals surface area contributed by atoms with E-state index in [2.05, 4.69) is 15.6 Å². The fourth-order valence-electron chi connectivity index (χ4n) is 11.0. The van der Waals surface area contributed by atoms with Crippen molar-refractivity contribution in [3.05, 3.63) is 60.4 Å². The van der Waals surface area contributed by atoms with Crippen molar-refractivity contribution in [2.75, 3.05) is 38.7 Å². The number of carbonyl (C=O) groups excluding carboxylic acids is 2. The number of para-hydroxylation sites is 1. The summed E-state index contributed by atoms with van der Waals surface area (Å²) < 4.78 is 39.1. The zero-order valence-corrected chi connectivity index (χ0v) is 44.5. The molecule has 402 valence electrons. The average Bonchev–Trinajstić information content (AvgIpc) is 3.34. The van der Waals surface area contributed by atoms with Gasteiger partial charge in [0.25, 0.3) is 0 Å². The third-order valence-electron chi connectivity index (χ3n) is 15.5. The number of nitrogens with one attached hydrogen (secondary N) is 2. The van der Waals surface area contributed by atoms with Crippen molar-refractivity contribution in [2.45, 2.75) is 205 Å². The van der Waals surface area contributed by atoms with E-state index < -0.39 is 108 Å². The predicted octanol–water partition coefficient (Wildman–Crippen LogP) is 4.52. The molecule has 18 atom stereocenters. The molecule has 0 aliphatic carbocycles. The third-order valence-corrected chi connectivity index (χ3v) is 15.5. The molecule has 0 saturated carbocycles. The molecule has 18 heteroatoms. The number of hydrogen-bond donors (Lipinski definition) is 7. The molecule has 0 spiro atoms. The molecular formula is C53H87N5O13. The zero-order valence-electron chi connectivity index (χ0n) is 44.5. The lowest BCUT2D eigenvalue weighted by molar-refractivity contribution is -0.336. The van der Waals surface area contributed by atoms with E-state index in [-0.39, 0.29) is 50.7 Å². The van der Waals surface area contributed by atoms with Crippen LogP contribution in [0.15, 0.2) is 54.9 Å². The molecule has 1 aromatic carbocycles. The van der Waals surface area contributed by atoms with E-state index >= 15 is 0 Å². The van der Waals surface area contributed by atoms with Crippen molar-refractivity contribution >= 4 is 17.7 Å². The Balaban J connectivity index is 1.60. The summed E-state index contributed by atoms with van der Waals surface area (Å²) in [5.74, 6) is -3.06. The monoisotopic (exact) mass is 1000 g/mol. The van der Waals surface area contributed by atoms with Crippen LogP contribution in [0.3, 0.4) is 0 Å². The fraction of sp³-hybridized carbons (Fsp3) is 0.755. The Hall–Kier alpha value is -3.37. The van der Waals surface area contributed by atoms with E-state index in [1.54, 1.807) is 78.9 Å². The first-order chi connectivity index (χ1) is 33.3. The molecule has 2 amide bonds. The van der Waals surface area contributed by atoms with Gasteiger partial charge in [-0.2, -0.15) is 0 Å². The topological polar surface area (TPSA) is 234 Å². The molecule has 0 radical (unpaired) electrons. The minimum atomic E-state index is -1.87. The Labute approximate surface area is 422 Å². The molecule has 3 saturated heterocycles. The van der Waals surface area contributed by atoms with Gasteiger partial charge in [0.15, 0.2) is 12.6 Å². The van der Waals surface area contributed by atoms with Crippen LogP contribution in [0.5, 0.6) is 0 Å². The van der Waals surface area contributed by atoms with E-state index in [9.17, 15) is 35.1 Å². The summed E-state index contributed by atoms with van der Waals surface area (Å²) in [4.78, 5) is 36.7. The summed E-state index contributed by atoms with van der Waals surface area (Å²) in [6.45, 7) is 20.5. The van der Waals surface area contributed by atoms with Gasteiger partial charge in [0.2, 0.25) is 0 Å². The molecule has 2 aromatic rings. The highest BCUT2D eigenvalue weighted by Crippen LogP contribution is 2.43. The van der Waals surface area contributed by atoms with Gasteiger partial charge in [-0.3, -0.25) is 14.7 Å². The second-order valence-corrected chi connectivity index (χ2v) is 21.4. The van der Waals surface area contributed by atoms with E-state index in [0.717, 1.165) is 12.0 Å². The Kier molecular flexibility index (Phi) is 20.4. The first kappa shape index (κ1) is 58.5. The lowest BCUT2D eigenvalue weighted by Crippen LogP contribution is -2.70. The molecule has 5 rings (SSSR count). The van der Waals surface area contributed by atoms with Crippen molar-refractivity contribution in [3.63, 3.8) is 0 Å². The molecule has 18 nitrogen and oxygen atoms in total. The highest BCUT2D eigenvalue weighted by atomic mass is 16.7. The number of benzene rings is 1. The van der Waals surface area contributed by atoms with Crippen molar-refractivity contribution in [1.29, 1.82) is 0 Å². The number of urea groups is 1. The van der Waals surface area contributed by atoms with E-state index in [0.29, 0.717) is 18.8 Å². The number of esters is 1. The van der Waals surface area contributed by atoms with Crippen molar-refractivity contribution in [1.82, 2.24) is 20.5 Å². The van der Waals surface area contributed by atoms with E-state index in [1.165, 1.54) is 18.9 Å². The lowest BCUT2D eigenvalue weighted by Gasteiger charge is -2.53. The molecule has 1 aromatic heterocycles. The minimum absolute atomic E-state index is 0.0337. The lowest BCUT2D eigenvalue weighted by atomic mass is 9.75. The number of carbonyl (C=O) groups is 2. The number of rotatable bonds is 14. The van der Waals surface area contributed by atoms with Gasteiger partial charge in [0.1, 0.15) is 35.1 Å². The van der Waals surface area contributed by atoms with Crippen molar-refractivity contribution in [3.8, 4) is 0 Å². The maximum absolute atomic E-state index is 14.7. The average molecular weight is 1000 g/mol. The van der Waals surface area contributed by atoms with Gasteiger partial charge in [-0.15, -0.1) is 0 Å². The fourth-order valence-corrected chi connectivity index (χ4v) is 11.0. The van der Waals surface area contributed by atoms with Crippen LogP contribution in [0, 0.1) is 17.8 Å². The van der Waals surface area contributed by atoms with Crippen LogP contribution in [0.2, 0.25) is 0 Å². The quantitative estimate of drug-likeness (QED) is 0.102.